The van der Waals surface area contributed by atoms with Gasteiger partial charge >= 0.3 is 0 Å². The quantitative estimate of drug-likeness (QED) is 0.630. The second-order valence-electron chi connectivity index (χ2n) is 8.21. The molecule has 7 nitrogen and oxygen atoms in total. The average Bonchev–Trinajstić information content (AvgIpc) is 3.27. The number of aryl methyl sites for hydroxylation is 1. The normalized spacial score (nSPS) is 20.5. The van der Waals surface area contributed by atoms with E-state index in [1.54, 1.807) is 12.3 Å². The molecule has 1 amide bonds. The van der Waals surface area contributed by atoms with E-state index in [9.17, 15) is 9.90 Å². The van der Waals surface area contributed by atoms with Gasteiger partial charge in [0.05, 0.1) is 12.6 Å². The Morgan fingerprint density at radius 1 is 1.29 bits per heavy atom. The van der Waals surface area contributed by atoms with Crippen molar-refractivity contribution in [1.29, 1.82) is 0 Å². The second kappa shape index (κ2) is 10.9. The highest BCUT2D eigenvalue weighted by molar-refractivity contribution is 5.80. The fourth-order valence-corrected chi connectivity index (χ4v) is 4.13. The summed E-state index contributed by atoms with van der Waals surface area (Å²) in [5.74, 6) is 0.316. The first-order chi connectivity index (χ1) is 15.0. The highest BCUT2D eigenvalue weighted by Gasteiger charge is 2.32. The fourth-order valence-electron chi connectivity index (χ4n) is 4.13. The number of aliphatic imine (C=N–C) groups is 2. The smallest absolute Gasteiger partial charge is 0.241 e. The van der Waals surface area contributed by atoms with E-state index in [4.69, 9.17) is 0 Å². The van der Waals surface area contributed by atoms with E-state index in [-0.39, 0.29) is 18.2 Å². The Morgan fingerprint density at radius 2 is 2.06 bits per heavy atom. The lowest BCUT2D eigenvalue weighted by Crippen LogP contribution is -2.45. The Labute approximate surface area is 184 Å². The predicted octanol–water partition coefficient (Wildman–Crippen LogP) is 2.61. The lowest BCUT2D eigenvalue weighted by atomic mass is 10.0. The van der Waals surface area contributed by atoms with Gasteiger partial charge in [-0.05, 0) is 50.6 Å². The van der Waals surface area contributed by atoms with Crippen molar-refractivity contribution in [2.75, 3.05) is 32.7 Å². The van der Waals surface area contributed by atoms with E-state index >= 15 is 0 Å². The van der Waals surface area contributed by atoms with Gasteiger partial charge in [-0.15, -0.1) is 0 Å². The van der Waals surface area contributed by atoms with Crippen LogP contribution in [0.15, 0.2) is 47.0 Å². The number of hydrogen-bond donors (Lipinski definition) is 2. The number of piperidine rings is 1. The molecule has 166 valence electrons. The van der Waals surface area contributed by atoms with Crippen LogP contribution in [-0.2, 0) is 4.79 Å². The summed E-state index contributed by atoms with van der Waals surface area (Å²) >= 11 is 0. The summed E-state index contributed by atoms with van der Waals surface area (Å²) in [5, 5.41) is 13.0. The number of likely N-dealkylation sites (tertiary alicyclic amines) is 2. The SMILES string of the molecule is C=N/C=C\C=NC1CCN(C2CCN(C(=O)CNC(=C)c3ccc(C)c(O)c3)C2)CC1. The number of carbonyl (C=O) groups excluding carboxylic acids is 1. The van der Waals surface area contributed by atoms with Gasteiger partial charge in [0, 0.05) is 55.9 Å². The first-order valence-corrected chi connectivity index (χ1v) is 10.9. The first-order valence-electron chi connectivity index (χ1n) is 10.9. The van der Waals surface area contributed by atoms with Crippen LogP contribution in [0.5, 0.6) is 5.75 Å². The molecule has 1 atom stereocenters. The molecule has 0 saturated carbocycles. The van der Waals surface area contributed by atoms with Crippen LogP contribution in [0.25, 0.3) is 5.70 Å². The molecule has 1 unspecified atom stereocenters. The molecular weight excluding hydrogens is 390 g/mol. The van der Waals surface area contributed by atoms with E-state index in [0.29, 0.717) is 17.8 Å². The van der Waals surface area contributed by atoms with Gasteiger partial charge in [0.2, 0.25) is 5.91 Å². The molecule has 2 aliphatic rings. The molecule has 2 fully saturated rings. The standard InChI is InChI=1S/C24H33N5O2/c1-18-5-6-20(15-23(18)30)19(2)27-16-24(31)29-14-9-22(17-29)28-12-7-21(8-13-28)26-11-4-10-25-3/h4-6,10-11,15,21-22,27,30H,2-3,7-9,12-14,16-17H2,1H3/b10-4-,26-11?. The number of hydrogen-bond acceptors (Lipinski definition) is 6. The van der Waals surface area contributed by atoms with Crippen LogP contribution in [-0.4, -0.2) is 78.6 Å². The van der Waals surface area contributed by atoms with Crippen molar-refractivity contribution < 1.29 is 9.90 Å². The third kappa shape index (κ3) is 6.28. The monoisotopic (exact) mass is 423 g/mol. The second-order valence-corrected chi connectivity index (χ2v) is 8.21. The topological polar surface area (TPSA) is 80.5 Å². The van der Waals surface area contributed by atoms with E-state index in [1.807, 2.05) is 36.2 Å². The van der Waals surface area contributed by atoms with Gasteiger partial charge in [-0.25, -0.2) is 0 Å². The summed E-state index contributed by atoms with van der Waals surface area (Å²) in [6, 6.07) is 6.19. The first kappa shape index (κ1) is 22.7. The Balaban J connectivity index is 1.41. The maximum Gasteiger partial charge on any atom is 0.241 e. The Hall–Kier alpha value is -2.93. The fraction of sp³-hybridized carbons (Fsp3) is 0.458. The Morgan fingerprint density at radius 3 is 2.77 bits per heavy atom. The van der Waals surface area contributed by atoms with Crippen LogP contribution in [0.3, 0.4) is 0 Å². The van der Waals surface area contributed by atoms with Gasteiger partial charge < -0.3 is 15.3 Å². The van der Waals surface area contributed by atoms with Crippen LogP contribution < -0.4 is 5.32 Å². The summed E-state index contributed by atoms with van der Waals surface area (Å²) in [6.07, 6.45) is 8.35. The van der Waals surface area contributed by atoms with Gasteiger partial charge in [0.25, 0.3) is 0 Å². The van der Waals surface area contributed by atoms with Crippen LogP contribution in [0.4, 0.5) is 0 Å². The molecule has 2 saturated heterocycles. The van der Waals surface area contributed by atoms with E-state index in [1.165, 1.54) is 0 Å². The van der Waals surface area contributed by atoms with Crippen LogP contribution in [0.1, 0.15) is 30.4 Å². The molecular formula is C24H33N5O2. The molecule has 1 aromatic carbocycles. The molecule has 0 radical (unpaired) electrons. The minimum absolute atomic E-state index is 0.0853. The molecule has 1 aromatic rings. The molecule has 2 aliphatic heterocycles. The number of phenols is 1. The van der Waals surface area contributed by atoms with Crippen molar-refractivity contribution in [2.45, 2.75) is 38.3 Å². The molecule has 2 heterocycles. The van der Waals surface area contributed by atoms with Gasteiger partial charge in [-0.3, -0.25) is 19.7 Å². The number of nitrogens with zero attached hydrogens (tertiary/aromatic N) is 4. The van der Waals surface area contributed by atoms with Gasteiger partial charge in [0.1, 0.15) is 5.75 Å². The van der Waals surface area contributed by atoms with E-state index < -0.39 is 0 Å². The summed E-state index contributed by atoms with van der Waals surface area (Å²) in [5.41, 5.74) is 2.24. The number of aromatic hydroxyl groups is 1. The van der Waals surface area contributed by atoms with Crippen molar-refractivity contribution in [3.63, 3.8) is 0 Å². The van der Waals surface area contributed by atoms with Crippen molar-refractivity contribution in [3.8, 4) is 5.75 Å². The molecule has 3 rings (SSSR count). The number of benzene rings is 1. The number of phenolic OH excluding ortho intramolecular Hbond substituents is 1. The molecule has 2 N–H and O–H groups in total. The predicted molar refractivity (Wildman–Crippen MR) is 127 cm³/mol. The summed E-state index contributed by atoms with van der Waals surface area (Å²) in [6.45, 7) is 13.1. The third-order valence-electron chi connectivity index (χ3n) is 6.12. The maximum atomic E-state index is 12.7. The Bertz CT molecular complexity index is 856. The van der Waals surface area contributed by atoms with Crippen molar-refractivity contribution >= 4 is 24.5 Å². The van der Waals surface area contributed by atoms with E-state index in [2.05, 4.69) is 33.5 Å². The van der Waals surface area contributed by atoms with Crippen LogP contribution in [0.2, 0.25) is 0 Å². The molecule has 0 bridgehead atoms. The van der Waals surface area contributed by atoms with Crippen LogP contribution >= 0.6 is 0 Å². The summed E-state index contributed by atoms with van der Waals surface area (Å²) in [7, 11) is 0. The zero-order valence-electron chi connectivity index (χ0n) is 18.3. The average molecular weight is 424 g/mol. The highest BCUT2D eigenvalue weighted by atomic mass is 16.3. The zero-order valence-corrected chi connectivity index (χ0v) is 18.3. The summed E-state index contributed by atoms with van der Waals surface area (Å²) < 4.78 is 0. The molecule has 0 aliphatic carbocycles. The number of nitrogens with one attached hydrogen (secondary N) is 1. The molecule has 0 spiro atoms. The van der Waals surface area contributed by atoms with Gasteiger partial charge in [-0.2, -0.15) is 0 Å². The minimum atomic E-state index is 0.0853. The largest absolute Gasteiger partial charge is 0.508 e. The van der Waals surface area contributed by atoms with Gasteiger partial charge in [-0.1, -0.05) is 18.7 Å². The lowest BCUT2D eigenvalue weighted by molar-refractivity contribution is -0.129. The molecule has 31 heavy (non-hydrogen) atoms. The number of carbonyl (C=O) groups is 1. The number of amides is 1. The lowest BCUT2D eigenvalue weighted by Gasteiger charge is -2.34. The highest BCUT2D eigenvalue weighted by Crippen LogP contribution is 2.23. The molecule has 0 aromatic heterocycles. The third-order valence-corrected chi connectivity index (χ3v) is 6.12. The van der Waals surface area contributed by atoms with E-state index in [0.717, 1.165) is 56.6 Å². The van der Waals surface area contributed by atoms with Crippen molar-refractivity contribution in [2.24, 2.45) is 9.98 Å². The van der Waals surface area contributed by atoms with Crippen LogP contribution in [0, 0.1) is 6.92 Å². The maximum absolute atomic E-state index is 12.7. The minimum Gasteiger partial charge on any atom is -0.508 e. The summed E-state index contributed by atoms with van der Waals surface area (Å²) in [4.78, 5) is 25.4. The van der Waals surface area contributed by atoms with Crippen molar-refractivity contribution in [3.05, 3.63) is 48.2 Å². The number of allylic oxidation sites excluding steroid dienone is 1. The number of rotatable bonds is 8. The Kier molecular flexibility index (Phi) is 8.00. The van der Waals surface area contributed by atoms with Gasteiger partial charge in [0.15, 0.2) is 0 Å². The van der Waals surface area contributed by atoms with Crippen molar-refractivity contribution in [1.82, 2.24) is 15.1 Å². The zero-order chi connectivity index (χ0) is 22.2. The molecule has 7 heteroatoms.